The van der Waals surface area contributed by atoms with E-state index in [1.54, 1.807) is 15.8 Å². The Morgan fingerprint density at radius 3 is 2.14 bits per heavy atom. The molecule has 0 radical (unpaired) electrons. The Hall–Kier alpha value is -4.16. The molecule has 0 spiro atoms. The maximum absolute atomic E-state index is 13.1. The van der Waals surface area contributed by atoms with E-state index in [0.29, 0.717) is 11.6 Å². The fraction of sp³-hybridized carbons (Fsp3) is 0.107. The van der Waals surface area contributed by atoms with Crippen molar-refractivity contribution in [2.24, 2.45) is 0 Å². The predicted molar refractivity (Wildman–Crippen MR) is 138 cm³/mol. The van der Waals surface area contributed by atoms with Crippen molar-refractivity contribution in [3.63, 3.8) is 0 Å². The van der Waals surface area contributed by atoms with Crippen LogP contribution in [0.25, 0.3) is 22.6 Å². The molecule has 0 saturated heterocycles. The zero-order valence-electron chi connectivity index (χ0n) is 19.3. The van der Waals surface area contributed by atoms with Gasteiger partial charge in [0.15, 0.2) is 0 Å². The number of aromatic nitrogens is 4. The number of likely N-dealkylation sites (N-methyl/N-ethyl adjacent to an activating group) is 1. The lowest BCUT2D eigenvalue weighted by Gasteiger charge is -2.16. The third-order valence-electron chi connectivity index (χ3n) is 5.77. The Bertz CT molecular complexity index is 1430. The zero-order valence-corrected chi connectivity index (χ0v) is 20.0. The minimum absolute atomic E-state index is 0.00660. The number of para-hydroxylation sites is 2. The number of carbonyl (C=O) groups excluding carboxylic acids is 1. The van der Waals surface area contributed by atoms with Gasteiger partial charge >= 0.3 is 0 Å². The number of nitrogens with zero attached hydrogens (tertiary/aromatic N) is 5. The lowest BCUT2D eigenvalue weighted by atomic mass is 10.1. The van der Waals surface area contributed by atoms with Gasteiger partial charge in [0, 0.05) is 42.1 Å². The second-order valence-electron chi connectivity index (χ2n) is 8.35. The predicted octanol–water partition coefficient (Wildman–Crippen LogP) is 5.58. The molecule has 0 N–H and O–H groups in total. The van der Waals surface area contributed by atoms with Crippen LogP contribution in [-0.4, -0.2) is 37.4 Å². The lowest BCUT2D eigenvalue weighted by Crippen LogP contribution is -2.27. The van der Waals surface area contributed by atoms with Crippen molar-refractivity contribution >= 4 is 17.5 Å². The van der Waals surface area contributed by atoms with Crippen molar-refractivity contribution in [2.45, 2.75) is 13.0 Å². The van der Waals surface area contributed by atoms with Gasteiger partial charge in [0.2, 0.25) is 5.91 Å². The molecule has 5 rings (SSSR count). The highest BCUT2D eigenvalue weighted by molar-refractivity contribution is 6.30. The molecular formula is C28H24ClN5O. The SMILES string of the molecule is CN(Cc1cn(-c2ccccc2)nc1-c1ccc(Cl)cc1)C(=O)Cc1cnn(-c2ccccc2)c1. The lowest BCUT2D eigenvalue weighted by molar-refractivity contribution is -0.129. The first kappa shape index (κ1) is 22.6. The minimum Gasteiger partial charge on any atom is -0.341 e. The molecule has 3 aromatic carbocycles. The highest BCUT2D eigenvalue weighted by Crippen LogP contribution is 2.26. The van der Waals surface area contributed by atoms with Gasteiger partial charge in [0.05, 0.1) is 29.7 Å². The van der Waals surface area contributed by atoms with E-state index in [0.717, 1.165) is 33.8 Å². The molecule has 0 atom stereocenters. The molecule has 2 aromatic heterocycles. The molecule has 6 nitrogen and oxygen atoms in total. The number of rotatable bonds is 7. The van der Waals surface area contributed by atoms with E-state index in [1.165, 1.54) is 0 Å². The molecule has 0 aliphatic rings. The van der Waals surface area contributed by atoms with E-state index in [4.69, 9.17) is 16.7 Å². The van der Waals surface area contributed by atoms with Gasteiger partial charge in [-0.25, -0.2) is 9.36 Å². The van der Waals surface area contributed by atoms with Crippen LogP contribution in [0.1, 0.15) is 11.1 Å². The van der Waals surface area contributed by atoms with Crippen molar-refractivity contribution in [3.8, 4) is 22.6 Å². The molecule has 0 aliphatic carbocycles. The fourth-order valence-electron chi connectivity index (χ4n) is 3.92. The molecule has 0 unspecified atom stereocenters. The topological polar surface area (TPSA) is 56.0 Å². The van der Waals surface area contributed by atoms with Crippen molar-refractivity contribution in [1.29, 1.82) is 0 Å². The Balaban J connectivity index is 1.36. The monoisotopic (exact) mass is 481 g/mol. The Morgan fingerprint density at radius 2 is 1.49 bits per heavy atom. The van der Waals surface area contributed by atoms with Gasteiger partial charge in [-0.2, -0.15) is 10.2 Å². The number of amides is 1. The average molecular weight is 482 g/mol. The molecule has 35 heavy (non-hydrogen) atoms. The highest BCUT2D eigenvalue weighted by atomic mass is 35.5. The van der Waals surface area contributed by atoms with Crippen LogP contribution in [0, 0.1) is 0 Å². The van der Waals surface area contributed by atoms with Crippen molar-refractivity contribution in [1.82, 2.24) is 24.5 Å². The van der Waals surface area contributed by atoms with Gasteiger partial charge in [0.1, 0.15) is 0 Å². The van der Waals surface area contributed by atoms with Crippen LogP contribution in [0.3, 0.4) is 0 Å². The van der Waals surface area contributed by atoms with Crippen LogP contribution >= 0.6 is 11.6 Å². The summed E-state index contributed by atoms with van der Waals surface area (Å²) in [6, 6.07) is 27.4. The van der Waals surface area contributed by atoms with E-state index in [-0.39, 0.29) is 12.3 Å². The van der Waals surface area contributed by atoms with Crippen LogP contribution in [0.2, 0.25) is 5.02 Å². The number of hydrogen-bond donors (Lipinski definition) is 0. The van der Waals surface area contributed by atoms with Gasteiger partial charge < -0.3 is 4.90 Å². The first-order valence-corrected chi connectivity index (χ1v) is 11.7. The molecule has 0 bridgehead atoms. The summed E-state index contributed by atoms with van der Waals surface area (Å²) >= 11 is 6.10. The Kier molecular flexibility index (Phi) is 6.46. The van der Waals surface area contributed by atoms with Gasteiger partial charge in [-0.05, 0) is 42.0 Å². The molecule has 2 heterocycles. The quantitative estimate of drug-likeness (QED) is 0.305. The third-order valence-corrected chi connectivity index (χ3v) is 6.03. The van der Waals surface area contributed by atoms with E-state index in [2.05, 4.69) is 5.10 Å². The summed E-state index contributed by atoms with van der Waals surface area (Å²) in [5.41, 5.74) is 5.50. The van der Waals surface area contributed by atoms with Crippen molar-refractivity contribution in [2.75, 3.05) is 7.05 Å². The van der Waals surface area contributed by atoms with Crippen LogP contribution < -0.4 is 0 Å². The maximum Gasteiger partial charge on any atom is 0.227 e. The zero-order chi connectivity index (χ0) is 24.2. The summed E-state index contributed by atoms with van der Waals surface area (Å²) in [5, 5.41) is 9.91. The number of halogens is 1. The standard InChI is InChI=1S/C28H24ClN5O/c1-32(27(35)16-21-17-30-33(18-21)25-8-4-2-5-9-25)19-23-20-34(26-10-6-3-7-11-26)31-28(23)22-12-14-24(29)15-13-22/h2-15,17-18,20H,16,19H2,1H3. The van der Waals surface area contributed by atoms with E-state index in [1.807, 2.05) is 109 Å². The summed E-state index contributed by atoms with van der Waals surface area (Å²) in [6.45, 7) is 0.427. The number of carbonyl (C=O) groups is 1. The molecule has 5 aromatic rings. The summed E-state index contributed by atoms with van der Waals surface area (Å²) in [4.78, 5) is 14.8. The van der Waals surface area contributed by atoms with Crippen LogP contribution in [0.15, 0.2) is 104 Å². The fourth-order valence-corrected chi connectivity index (χ4v) is 4.04. The van der Waals surface area contributed by atoms with Crippen molar-refractivity contribution < 1.29 is 4.79 Å². The van der Waals surface area contributed by atoms with Crippen LogP contribution in [-0.2, 0) is 17.8 Å². The minimum atomic E-state index is 0.00660. The maximum atomic E-state index is 13.1. The summed E-state index contributed by atoms with van der Waals surface area (Å²) in [5.74, 6) is 0.00660. The third kappa shape index (κ3) is 5.18. The van der Waals surface area contributed by atoms with E-state index < -0.39 is 0 Å². The van der Waals surface area contributed by atoms with E-state index in [9.17, 15) is 4.79 Å². The smallest absolute Gasteiger partial charge is 0.227 e. The summed E-state index contributed by atoms with van der Waals surface area (Å²) in [7, 11) is 1.81. The molecule has 0 saturated carbocycles. The van der Waals surface area contributed by atoms with Crippen LogP contribution in [0.5, 0.6) is 0 Å². The highest BCUT2D eigenvalue weighted by Gasteiger charge is 2.18. The second-order valence-corrected chi connectivity index (χ2v) is 8.78. The largest absolute Gasteiger partial charge is 0.341 e. The Morgan fingerprint density at radius 1 is 0.857 bits per heavy atom. The molecule has 1 amide bonds. The van der Waals surface area contributed by atoms with Gasteiger partial charge in [-0.3, -0.25) is 4.79 Å². The molecule has 7 heteroatoms. The molecule has 0 fully saturated rings. The van der Waals surface area contributed by atoms with Gasteiger partial charge in [-0.15, -0.1) is 0 Å². The van der Waals surface area contributed by atoms with Crippen LogP contribution in [0.4, 0.5) is 0 Å². The first-order chi connectivity index (χ1) is 17.1. The average Bonchev–Trinajstić information content (AvgIpc) is 3.53. The number of benzene rings is 3. The van der Waals surface area contributed by atoms with Gasteiger partial charge in [0.25, 0.3) is 0 Å². The molecule has 0 aliphatic heterocycles. The van der Waals surface area contributed by atoms with E-state index >= 15 is 0 Å². The number of hydrogen-bond acceptors (Lipinski definition) is 3. The summed E-state index contributed by atoms with van der Waals surface area (Å²) in [6.07, 6.45) is 5.89. The molecule has 174 valence electrons. The normalized spacial score (nSPS) is 10.9. The van der Waals surface area contributed by atoms with Gasteiger partial charge in [-0.1, -0.05) is 60.1 Å². The second kappa shape index (κ2) is 9.99. The summed E-state index contributed by atoms with van der Waals surface area (Å²) < 4.78 is 3.63. The Labute approximate surface area is 209 Å². The van der Waals surface area contributed by atoms with Crippen molar-refractivity contribution in [3.05, 3.63) is 120 Å². The first-order valence-electron chi connectivity index (χ1n) is 11.3. The molecular weight excluding hydrogens is 458 g/mol.